The first-order chi connectivity index (χ1) is 11.8. The average Bonchev–Trinajstić information content (AvgIpc) is 2.58. The molecule has 1 heterocycles. The normalized spacial score (nSPS) is 10.4. The third-order valence-electron chi connectivity index (χ3n) is 3.17. The maximum atomic E-state index is 14.2. The second kappa shape index (κ2) is 7.24. The van der Waals surface area contributed by atoms with Crippen molar-refractivity contribution >= 4 is 17.4 Å². The van der Waals surface area contributed by atoms with Crippen LogP contribution in [0.5, 0.6) is 11.8 Å². The number of ether oxygens (including phenoxy) is 2. The molecule has 2 rings (SSSR count). The molecule has 0 atom stereocenters. The lowest BCUT2D eigenvalue weighted by Crippen LogP contribution is -2.20. The summed E-state index contributed by atoms with van der Waals surface area (Å²) in [7, 11) is 5.64. The van der Waals surface area contributed by atoms with Crippen LogP contribution in [0, 0.1) is 17.5 Å². The Morgan fingerprint density at radius 1 is 1.16 bits per heavy atom. The Labute approximate surface area is 141 Å². The van der Waals surface area contributed by atoms with Crippen LogP contribution in [0.15, 0.2) is 12.3 Å². The van der Waals surface area contributed by atoms with E-state index in [1.165, 1.54) is 13.3 Å². The molecule has 2 aromatic rings. The van der Waals surface area contributed by atoms with Gasteiger partial charge in [0.1, 0.15) is 5.69 Å². The van der Waals surface area contributed by atoms with Gasteiger partial charge in [-0.25, -0.2) is 13.8 Å². The Kier molecular flexibility index (Phi) is 5.30. The lowest BCUT2D eigenvalue weighted by molar-refractivity contribution is 0.102. The van der Waals surface area contributed by atoms with Gasteiger partial charge in [0.05, 0.1) is 26.0 Å². The molecule has 1 N–H and O–H groups in total. The molecule has 0 saturated carbocycles. The van der Waals surface area contributed by atoms with E-state index in [-0.39, 0.29) is 17.5 Å². The first-order valence-electron chi connectivity index (χ1n) is 6.91. The molecule has 0 aliphatic rings. The minimum absolute atomic E-state index is 0.0578. The monoisotopic (exact) mass is 356 g/mol. The van der Waals surface area contributed by atoms with Crippen molar-refractivity contribution in [1.29, 1.82) is 0 Å². The zero-order valence-electron chi connectivity index (χ0n) is 13.9. The molecule has 0 unspecified atom stereocenters. The summed E-state index contributed by atoms with van der Waals surface area (Å²) in [5.74, 6) is -5.98. The van der Waals surface area contributed by atoms with Crippen LogP contribution in [0.1, 0.15) is 10.4 Å². The summed E-state index contributed by atoms with van der Waals surface area (Å²) in [6.45, 7) is 0. The number of carbonyl (C=O) groups is 1. The Morgan fingerprint density at radius 3 is 2.40 bits per heavy atom. The number of anilines is 2. The van der Waals surface area contributed by atoms with Crippen molar-refractivity contribution in [3.63, 3.8) is 0 Å². The molecule has 0 fully saturated rings. The SMILES string of the molecule is COc1ncc(NC(=O)c2cc(F)c(F)c(OC)c2F)c(N(C)C)n1. The van der Waals surface area contributed by atoms with Crippen LogP contribution in [0.4, 0.5) is 24.7 Å². The number of benzene rings is 1. The van der Waals surface area contributed by atoms with Crippen LogP contribution >= 0.6 is 0 Å². The van der Waals surface area contributed by atoms with E-state index in [0.717, 1.165) is 7.11 Å². The molecule has 134 valence electrons. The standard InChI is InChI=1S/C15H15F3N4O3/c1-22(2)13-9(6-19-15(21-13)25-4)20-14(23)7-5-8(16)11(18)12(24-3)10(7)17/h5-6H,1-4H3,(H,20,23). The third kappa shape index (κ3) is 3.57. The highest BCUT2D eigenvalue weighted by atomic mass is 19.2. The van der Waals surface area contributed by atoms with Crippen molar-refractivity contribution < 1.29 is 27.4 Å². The van der Waals surface area contributed by atoms with Crippen molar-refractivity contribution in [2.24, 2.45) is 0 Å². The molecule has 0 bridgehead atoms. The van der Waals surface area contributed by atoms with E-state index in [4.69, 9.17) is 4.74 Å². The number of methoxy groups -OCH3 is 2. The summed E-state index contributed by atoms with van der Waals surface area (Å²) in [6.07, 6.45) is 1.24. The second-order valence-electron chi connectivity index (χ2n) is 5.01. The molecule has 0 saturated heterocycles. The summed E-state index contributed by atoms with van der Waals surface area (Å²) in [5.41, 5.74) is -0.602. The van der Waals surface area contributed by atoms with E-state index < -0.39 is 34.7 Å². The summed E-state index contributed by atoms with van der Waals surface area (Å²) < 4.78 is 50.6. The van der Waals surface area contributed by atoms with Gasteiger partial charge in [-0.3, -0.25) is 4.79 Å². The van der Waals surface area contributed by atoms with Gasteiger partial charge in [-0.1, -0.05) is 0 Å². The highest BCUT2D eigenvalue weighted by Crippen LogP contribution is 2.29. The fraction of sp³-hybridized carbons (Fsp3) is 0.267. The smallest absolute Gasteiger partial charge is 0.318 e. The predicted molar refractivity (Wildman–Crippen MR) is 83.7 cm³/mol. The molecule has 10 heteroatoms. The van der Waals surface area contributed by atoms with Crippen LogP contribution in [0.25, 0.3) is 0 Å². The van der Waals surface area contributed by atoms with Gasteiger partial charge in [0.15, 0.2) is 23.2 Å². The third-order valence-corrected chi connectivity index (χ3v) is 3.17. The van der Waals surface area contributed by atoms with E-state index in [0.29, 0.717) is 6.07 Å². The van der Waals surface area contributed by atoms with Crippen LogP contribution < -0.4 is 19.7 Å². The van der Waals surface area contributed by atoms with Gasteiger partial charge in [0.25, 0.3) is 5.91 Å². The number of carbonyl (C=O) groups excluding carboxylic acids is 1. The number of hydrogen-bond donors (Lipinski definition) is 1. The molecule has 7 nitrogen and oxygen atoms in total. The number of aromatic nitrogens is 2. The predicted octanol–water partition coefficient (Wildman–Crippen LogP) is 2.23. The molecule has 1 aromatic heterocycles. The summed E-state index contributed by atoms with van der Waals surface area (Å²) >= 11 is 0. The highest BCUT2D eigenvalue weighted by Gasteiger charge is 2.24. The molecule has 0 spiro atoms. The zero-order chi connectivity index (χ0) is 18.7. The van der Waals surface area contributed by atoms with Crippen molar-refractivity contribution in [3.8, 4) is 11.8 Å². The van der Waals surface area contributed by atoms with E-state index >= 15 is 0 Å². The fourth-order valence-corrected chi connectivity index (χ4v) is 2.00. The first-order valence-corrected chi connectivity index (χ1v) is 6.91. The fourth-order valence-electron chi connectivity index (χ4n) is 2.00. The number of nitrogens with one attached hydrogen (secondary N) is 1. The Hall–Kier alpha value is -3.04. The van der Waals surface area contributed by atoms with Gasteiger partial charge in [-0.05, 0) is 6.07 Å². The Morgan fingerprint density at radius 2 is 1.84 bits per heavy atom. The maximum Gasteiger partial charge on any atom is 0.318 e. The minimum atomic E-state index is -1.52. The van der Waals surface area contributed by atoms with Gasteiger partial charge in [0, 0.05) is 14.1 Å². The molecule has 1 amide bonds. The summed E-state index contributed by atoms with van der Waals surface area (Å²) in [6, 6.07) is 0.504. The van der Waals surface area contributed by atoms with Gasteiger partial charge in [-0.15, -0.1) is 0 Å². The lowest BCUT2D eigenvalue weighted by Gasteiger charge is -2.17. The van der Waals surface area contributed by atoms with E-state index in [9.17, 15) is 18.0 Å². The largest absolute Gasteiger partial charge is 0.491 e. The van der Waals surface area contributed by atoms with E-state index in [1.54, 1.807) is 19.0 Å². The number of hydrogen-bond acceptors (Lipinski definition) is 6. The number of amides is 1. The lowest BCUT2D eigenvalue weighted by atomic mass is 10.1. The van der Waals surface area contributed by atoms with Crippen molar-refractivity contribution in [3.05, 3.63) is 35.3 Å². The molecule has 0 radical (unpaired) electrons. The summed E-state index contributed by atoms with van der Waals surface area (Å²) in [5, 5.41) is 2.35. The highest BCUT2D eigenvalue weighted by molar-refractivity contribution is 6.06. The molecular formula is C15H15F3N4O3. The Balaban J connectivity index is 2.43. The zero-order valence-corrected chi connectivity index (χ0v) is 13.9. The Bertz CT molecular complexity index is 815. The maximum absolute atomic E-state index is 14.2. The van der Waals surface area contributed by atoms with Crippen LogP contribution in [0.2, 0.25) is 0 Å². The molecule has 0 aliphatic heterocycles. The second-order valence-corrected chi connectivity index (χ2v) is 5.01. The van der Waals surface area contributed by atoms with Crippen LogP contribution in [-0.2, 0) is 0 Å². The van der Waals surface area contributed by atoms with Gasteiger partial charge >= 0.3 is 6.01 Å². The molecule has 1 aromatic carbocycles. The minimum Gasteiger partial charge on any atom is -0.491 e. The van der Waals surface area contributed by atoms with Crippen LogP contribution in [-0.4, -0.2) is 44.2 Å². The first kappa shape index (κ1) is 18.3. The quantitative estimate of drug-likeness (QED) is 0.828. The van der Waals surface area contributed by atoms with E-state index in [2.05, 4.69) is 20.0 Å². The topological polar surface area (TPSA) is 76.6 Å². The molecular weight excluding hydrogens is 341 g/mol. The van der Waals surface area contributed by atoms with Gasteiger partial charge in [0.2, 0.25) is 5.82 Å². The van der Waals surface area contributed by atoms with Crippen molar-refractivity contribution in [2.75, 3.05) is 38.5 Å². The number of rotatable bonds is 5. The number of nitrogens with zero attached hydrogens (tertiary/aromatic N) is 3. The van der Waals surface area contributed by atoms with Crippen molar-refractivity contribution in [2.45, 2.75) is 0 Å². The van der Waals surface area contributed by atoms with E-state index in [1.807, 2.05) is 0 Å². The molecule has 25 heavy (non-hydrogen) atoms. The molecule has 0 aliphatic carbocycles. The van der Waals surface area contributed by atoms with Gasteiger partial charge in [-0.2, -0.15) is 9.37 Å². The average molecular weight is 356 g/mol. The van der Waals surface area contributed by atoms with Gasteiger partial charge < -0.3 is 19.7 Å². The summed E-state index contributed by atoms with van der Waals surface area (Å²) in [4.78, 5) is 21.8. The van der Waals surface area contributed by atoms with Crippen molar-refractivity contribution in [1.82, 2.24) is 9.97 Å². The number of halogens is 3. The van der Waals surface area contributed by atoms with Crippen LogP contribution in [0.3, 0.4) is 0 Å².